The van der Waals surface area contributed by atoms with E-state index in [1.54, 1.807) is 0 Å². The Morgan fingerprint density at radius 3 is 1.62 bits per heavy atom. The number of aliphatic hydroxyl groups is 1. The minimum atomic E-state index is -3.08. The fraction of sp³-hybridized carbons (Fsp3) is 0.333. The summed E-state index contributed by atoms with van der Waals surface area (Å²) in [5, 5.41) is 13.1. The molecule has 0 amide bonds. The molecule has 0 bridgehead atoms. The highest BCUT2D eigenvalue weighted by atomic mass is 31.2. The highest BCUT2D eigenvalue weighted by Crippen LogP contribution is 2.47. The van der Waals surface area contributed by atoms with Crippen molar-refractivity contribution in [1.29, 1.82) is 0 Å². The number of hydrogen-bond acceptors (Lipinski definition) is 3. The number of benzene rings is 3. The summed E-state index contributed by atoms with van der Waals surface area (Å²) in [4.78, 5) is 0. The Hall–Kier alpha value is -1.97. The van der Waals surface area contributed by atoms with Crippen molar-refractivity contribution in [2.24, 2.45) is 0 Å². The van der Waals surface area contributed by atoms with Gasteiger partial charge in [-0.2, -0.15) is 0 Å². The zero-order valence-corrected chi connectivity index (χ0v) is 21.6. The number of aliphatic hydroxyl groups excluding tert-OH is 1. The average Bonchev–Trinajstić information content (AvgIpc) is 2.78. The van der Waals surface area contributed by atoms with E-state index in [2.05, 4.69) is 33.9 Å². The van der Waals surface area contributed by atoms with Crippen molar-refractivity contribution in [3.8, 4) is 0 Å². The van der Waals surface area contributed by atoms with E-state index in [1.165, 1.54) is 0 Å². The van der Waals surface area contributed by atoms with E-state index in [4.69, 9.17) is 4.43 Å². The van der Waals surface area contributed by atoms with Crippen LogP contribution in [0.2, 0.25) is 18.1 Å². The van der Waals surface area contributed by atoms with Crippen LogP contribution in [-0.4, -0.2) is 25.7 Å². The molecule has 0 unspecified atom stereocenters. The minimum Gasteiger partial charge on any atom is -0.407 e. The Kier molecular flexibility index (Phi) is 7.62. The molecule has 0 aliphatic rings. The molecule has 0 fully saturated rings. The van der Waals surface area contributed by atoms with Crippen molar-refractivity contribution < 1.29 is 14.1 Å². The van der Waals surface area contributed by atoms with Crippen molar-refractivity contribution in [3.63, 3.8) is 0 Å². The second kappa shape index (κ2) is 9.89. The largest absolute Gasteiger partial charge is 0.407 e. The van der Waals surface area contributed by atoms with Gasteiger partial charge < -0.3 is 14.1 Å². The second-order valence-corrected chi connectivity index (χ2v) is 17.5. The maximum absolute atomic E-state index is 14.5. The molecular weight excluding hydrogens is 431 g/mol. The molecular formula is C27H35O3PSi. The molecule has 0 radical (unpaired) electrons. The Labute approximate surface area is 194 Å². The summed E-state index contributed by atoms with van der Waals surface area (Å²) in [7, 11) is -5.27. The van der Waals surface area contributed by atoms with Crippen molar-refractivity contribution >= 4 is 26.1 Å². The molecule has 0 aliphatic heterocycles. The first-order valence-corrected chi connectivity index (χ1v) is 16.0. The molecule has 0 aliphatic carbocycles. The van der Waals surface area contributed by atoms with Gasteiger partial charge in [-0.25, -0.2) is 0 Å². The molecule has 0 heterocycles. The van der Waals surface area contributed by atoms with Crippen LogP contribution in [0.3, 0.4) is 0 Å². The van der Waals surface area contributed by atoms with Crippen LogP contribution in [0.4, 0.5) is 0 Å². The van der Waals surface area contributed by atoms with Crippen LogP contribution in [0, 0.1) is 0 Å². The quantitative estimate of drug-likeness (QED) is 0.321. The molecule has 3 nitrogen and oxygen atoms in total. The van der Waals surface area contributed by atoms with Gasteiger partial charge in [-0.15, -0.1) is 0 Å². The van der Waals surface area contributed by atoms with Gasteiger partial charge in [0, 0.05) is 16.8 Å². The van der Waals surface area contributed by atoms with Gasteiger partial charge in [0.15, 0.2) is 8.32 Å². The topological polar surface area (TPSA) is 46.5 Å². The Morgan fingerprint density at radius 2 is 1.22 bits per heavy atom. The van der Waals surface area contributed by atoms with E-state index in [1.807, 2.05) is 91.0 Å². The van der Waals surface area contributed by atoms with Crippen molar-refractivity contribution in [3.05, 3.63) is 96.6 Å². The summed E-state index contributed by atoms with van der Waals surface area (Å²) in [5.41, 5.74) is 0.914. The molecule has 0 aromatic heterocycles. The van der Waals surface area contributed by atoms with Crippen molar-refractivity contribution in [2.75, 3.05) is 6.16 Å². The Balaban J connectivity index is 2.03. The lowest BCUT2D eigenvalue weighted by Crippen LogP contribution is -2.44. The van der Waals surface area contributed by atoms with Crippen molar-refractivity contribution in [2.45, 2.75) is 51.1 Å². The predicted octanol–water partition coefficient (Wildman–Crippen LogP) is 6.12. The summed E-state index contributed by atoms with van der Waals surface area (Å²) in [6.07, 6.45) is -1.34. The molecule has 2 atom stereocenters. The monoisotopic (exact) mass is 466 g/mol. The summed E-state index contributed by atoms with van der Waals surface area (Å²) >= 11 is 0. The van der Waals surface area contributed by atoms with Crippen LogP contribution in [0.5, 0.6) is 0 Å². The van der Waals surface area contributed by atoms with Gasteiger partial charge in [0.1, 0.15) is 7.14 Å². The van der Waals surface area contributed by atoms with Crippen LogP contribution in [-0.2, 0) is 8.99 Å². The normalized spacial score (nSPS) is 14.7. The van der Waals surface area contributed by atoms with Gasteiger partial charge in [-0.3, -0.25) is 0 Å². The molecule has 0 saturated carbocycles. The number of rotatable bonds is 8. The highest BCUT2D eigenvalue weighted by Gasteiger charge is 2.42. The second-order valence-electron chi connectivity index (χ2n) is 9.87. The van der Waals surface area contributed by atoms with Crippen LogP contribution in [0.25, 0.3) is 0 Å². The standard InChI is InChI=1S/C27H35O3PSi/c1-27(2,3)32(4,5)30-26(22-15-9-6-10-16-22)25(28)21-31(29,23-17-11-7-12-18-23)24-19-13-8-14-20-24/h6-20,25-26,28H,21H2,1-5H3/t25-,26-/m0/s1. The van der Waals surface area contributed by atoms with E-state index < -0.39 is 27.7 Å². The van der Waals surface area contributed by atoms with Crippen LogP contribution in [0.1, 0.15) is 32.4 Å². The summed E-state index contributed by atoms with van der Waals surface area (Å²) in [6, 6.07) is 28.9. The maximum Gasteiger partial charge on any atom is 0.193 e. The van der Waals surface area contributed by atoms with E-state index in [9.17, 15) is 9.67 Å². The minimum absolute atomic E-state index is 0.0116. The third-order valence-corrected chi connectivity index (χ3v) is 14.1. The molecule has 3 aromatic rings. The van der Waals surface area contributed by atoms with E-state index in [0.717, 1.165) is 16.2 Å². The van der Waals surface area contributed by atoms with Gasteiger partial charge in [0.05, 0.1) is 12.2 Å². The van der Waals surface area contributed by atoms with E-state index in [-0.39, 0.29) is 11.2 Å². The third kappa shape index (κ3) is 5.50. The molecule has 3 aromatic carbocycles. The Bertz CT molecular complexity index is 987. The third-order valence-electron chi connectivity index (χ3n) is 6.50. The molecule has 0 saturated heterocycles. The average molecular weight is 467 g/mol. The maximum atomic E-state index is 14.5. The fourth-order valence-electron chi connectivity index (χ4n) is 3.56. The van der Waals surface area contributed by atoms with Crippen LogP contribution in [0.15, 0.2) is 91.0 Å². The SMILES string of the molecule is CC(C)(C)[Si](C)(C)O[C@@H](c1ccccc1)[C@@H](O)CP(=O)(c1ccccc1)c1ccccc1. The van der Waals surface area contributed by atoms with E-state index >= 15 is 0 Å². The Morgan fingerprint density at radius 1 is 0.812 bits per heavy atom. The van der Waals surface area contributed by atoms with Gasteiger partial charge >= 0.3 is 0 Å². The first-order valence-electron chi connectivity index (χ1n) is 11.2. The molecule has 0 spiro atoms. The van der Waals surface area contributed by atoms with Gasteiger partial charge in [-0.1, -0.05) is 112 Å². The summed E-state index contributed by atoms with van der Waals surface area (Å²) in [5.74, 6) is 0. The van der Waals surface area contributed by atoms with Crippen LogP contribution >= 0.6 is 7.14 Å². The van der Waals surface area contributed by atoms with Gasteiger partial charge in [0.2, 0.25) is 0 Å². The molecule has 1 N–H and O–H groups in total. The predicted molar refractivity (Wildman–Crippen MR) is 138 cm³/mol. The molecule has 32 heavy (non-hydrogen) atoms. The first kappa shape index (κ1) is 24.7. The van der Waals surface area contributed by atoms with E-state index in [0.29, 0.717) is 0 Å². The van der Waals surface area contributed by atoms with Crippen LogP contribution < -0.4 is 10.6 Å². The fourth-order valence-corrected chi connectivity index (χ4v) is 7.59. The zero-order chi connectivity index (χ0) is 23.4. The summed E-state index contributed by atoms with van der Waals surface area (Å²) < 4.78 is 21.3. The highest BCUT2D eigenvalue weighted by molar-refractivity contribution is 7.78. The molecule has 170 valence electrons. The summed E-state index contributed by atoms with van der Waals surface area (Å²) in [6.45, 7) is 10.9. The lowest BCUT2D eigenvalue weighted by molar-refractivity contribution is 0.0405. The van der Waals surface area contributed by atoms with Gasteiger partial charge in [0.25, 0.3) is 0 Å². The lowest BCUT2D eigenvalue weighted by Gasteiger charge is -2.41. The number of hydrogen-bond donors (Lipinski definition) is 1. The van der Waals surface area contributed by atoms with Gasteiger partial charge in [-0.05, 0) is 23.7 Å². The lowest BCUT2D eigenvalue weighted by atomic mass is 10.1. The van der Waals surface area contributed by atoms with Crippen molar-refractivity contribution in [1.82, 2.24) is 0 Å². The molecule has 3 rings (SSSR count). The first-order chi connectivity index (χ1) is 15.0. The molecule has 5 heteroatoms. The smallest absolute Gasteiger partial charge is 0.193 e. The zero-order valence-electron chi connectivity index (χ0n) is 19.7.